The number of methoxy groups -OCH3 is 2. The first-order valence-corrected chi connectivity index (χ1v) is 7.08. The molecule has 0 saturated carbocycles. The second-order valence-corrected chi connectivity index (χ2v) is 5.07. The Balaban J connectivity index is 2.40. The molecule has 112 valence electrons. The standard InChI is InChI=1S/C14H16BrN3O3/c1-20-11-4-3-9(14(21-2)12(11)15)13(19)10-7-18(6-5-16)8-17-10/h3-4,7-8H,5-6,16H2,1-2H3. The van der Waals surface area contributed by atoms with Gasteiger partial charge in [0.1, 0.15) is 21.7 Å². The van der Waals surface area contributed by atoms with E-state index in [1.807, 2.05) is 0 Å². The predicted octanol–water partition coefficient (Wildman–Crippen LogP) is 1.85. The summed E-state index contributed by atoms with van der Waals surface area (Å²) in [7, 11) is 3.05. The first-order chi connectivity index (χ1) is 10.1. The number of hydrogen-bond donors (Lipinski definition) is 1. The Hall–Kier alpha value is -1.86. The summed E-state index contributed by atoms with van der Waals surface area (Å²) in [5.74, 6) is 0.802. The molecule has 2 aromatic rings. The van der Waals surface area contributed by atoms with E-state index in [0.717, 1.165) is 0 Å². The molecule has 0 atom stereocenters. The molecule has 0 amide bonds. The zero-order chi connectivity index (χ0) is 15.4. The molecule has 0 aliphatic carbocycles. The Morgan fingerprint density at radius 2 is 2.14 bits per heavy atom. The largest absolute Gasteiger partial charge is 0.495 e. The molecule has 1 aromatic carbocycles. The molecule has 0 saturated heterocycles. The van der Waals surface area contributed by atoms with E-state index in [-0.39, 0.29) is 5.78 Å². The Kier molecular flexibility index (Phi) is 4.98. The van der Waals surface area contributed by atoms with Crippen molar-refractivity contribution in [1.82, 2.24) is 9.55 Å². The zero-order valence-corrected chi connectivity index (χ0v) is 13.4. The van der Waals surface area contributed by atoms with Crippen molar-refractivity contribution >= 4 is 21.7 Å². The van der Waals surface area contributed by atoms with E-state index in [9.17, 15) is 4.79 Å². The van der Waals surface area contributed by atoms with Crippen molar-refractivity contribution < 1.29 is 14.3 Å². The van der Waals surface area contributed by atoms with Gasteiger partial charge in [-0.3, -0.25) is 4.79 Å². The highest BCUT2D eigenvalue weighted by molar-refractivity contribution is 9.10. The zero-order valence-electron chi connectivity index (χ0n) is 11.8. The summed E-state index contributed by atoms with van der Waals surface area (Å²) in [6.45, 7) is 1.10. The van der Waals surface area contributed by atoms with Crippen LogP contribution >= 0.6 is 15.9 Å². The molecule has 0 bridgehead atoms. The van der Waals surface area contributed by atoms with Crippen molar-refractivity contribution in [3.63, 3.8) is 0 Å². The molecule has 7 heteroatoms. The number of benzene rings is 1. The lowest BCUT2D eigenvalue weighted by molar-refractivity contribution is 0.103. The van der Waals surface area contributed by atoms with Crippen molar-refractivity contribution in [2.75, 3.05) is 20.8 Å². The number of carbonyl (C=O) groups excluding carboxylic acids is 1. The number of hydrogen-bond acceptors (Lipinski definition) is 5. The average molecular weight is 354 g/mol. The number of nitrogens with zero attached hydrogens (tertiary/aromatic N) is 2. The minimum atomic E-state index is -0.217. The fourth-order valence-corrected chi connectivity index (χ4v) is 2.63. The van der Waals surface area contributed by atoms with Crippen LogP contribution in [0.4, 0.5) is 0 Å². The molecule has 0 aliphatic heterocycles. The van der Waals surface area contributed by atoms with Crippen LogP contribution in [0.2, 0.25) is 0 Å². The van der Waals surface area contributed by atoms with Crippen molar-refractivity contribution in [3.05, 3.63) is 40.4 Å². The van der Waals surface area contributed by atoms with Crippen LogP contribution < -0.4 is 15.2 Å². The fourth-order valence-electron chi connectivity index (χ4n) is 1.96. The number of ether oxygens (including phenoxy) is 2. The number of imidazole rings is 1. The van der Waals surface area contributed by atoms with E-state index in [1.165, 1.54) is 7.11 Å². The summed E-state index contributed by atoms with van der Waals surface area (Å²) in [6.07, 6.45) is 3.26. The van der Waals surface area contributed by atoms with E-state index in [1.54, 1.807) is 36.3 Å². The van der Waals surface area contributed by atoms with Crippen LogP contribution in [-0.2, 0) is 6.54 Å². The molecule has 6 nitrogen and oxygen atoms in total. The first kappa shape index (κ1) is 15.5. The smallest absolute Gasteiger partial charge is 0.216 e. The lowest BCUT2D eigenvalue weighted by Crippen LogP contribution is -2.08. The Morgan fingerprint density at radius 3 is 2.76 bits per heavy atom. The van der Waals surface area contributed by atoms with Gasteiger partial charge < -0.3 is 19.8 Å². The topological polar surface area (TPSA) is 79.4 Å². The lowest BCUT2D eigenvalue weighted by Gasteiger charge is -2.11. The van der Waals surface area contributed by atoms with E-state index in [4.69, 9.17) is 15.2 Å². The quantitative estimate of drug-likeness (QED) is 0.801. The summed E-state index contributed by atoms with van der Waals surface area (Å²) in [4.78, 5) is 16.7. The second kappa shape index (κ2) is 6.73. The molecule has 2 rings (SSSR count). The molecular formula is C14H16BrN3O3. The van der Waals surface area contributed by atoms with Gasteiger partial charge >= 0.3 is 0 Å². The van der Waals surface area contributed by atoms with Crippen LogP contribution in [0.25, 0.3) is 0 Å². The summed E-state index contributed by atoms with van der Waals surface area (Å²) < 4.78 is 12.9. The highest BCUT2D eigenvalue weighted by Crippen LogP contribution is 2.37. The highest BCUT2D eigenvalue weighted by Gasteiger charge is 2.21. The van der Waals surface area contributed by atoms with Gasteiger partial charge in [-0.05, 0) is 28.1 Å². The summed E-state index contributed by atoms with van der Waals surface area (Å²) >= 11 is 3.38. The molecule has 2 N–H and O–H groups in total. The number of halogens is 1. The van der Waals surface area contributed by atoms with E-state index in [0.29, 0.717) is 40.3 Å². The molecule has 1 heterocycles. The van der Waals surface area contributed by atoms with Crippen LogP contribution in [-0.4, -0.2) is 36.1 Å². The van der Waals surface area contributed by atoms with Gasteiger partial charge in [-0.2, -0.15) is 0 Å². The van der Waals surface area contributed by atoms with Gasteiger partial charge in [0.05, 0.1) is 26.1 Å². The van der Waals surface area contributed by atoms with Crippen LogP contribution in [0.1, 0.15) is 16.1 Å². The Labute approximate surface area is 131 Å². The Bertz CT molecular complexity index is 655. The lowest BCUT2D eigenvalue weighted by atomic mass is 10.1. The third kappa shape index (κ3) is 3.08. The number of rotatable bonds is 6. The van der Waals surface area contributed by atoms with E-state index < -0.39 is 0 Å². The number of aromatic nitrogens is 2. The van der Waals surface area contributed by atoms with E-state index in [2.05, 4.69) is 20.9 Å². The number of carbonyl (C=O) groups is 1. The molecule has 0 unspecified atom stereocenters. The van der Waals surface area contributed by atoms with Crippen molar-refractivity contribution in [1.29, 1.82) is 0 Å². The summed E-state index contributed by atoms with van der Waals surface area (Å²) in [6, 6.07) is 3.36. The van der Waals surface area contributed by atoms with Crippen LogP contribution in [0.15, 0.2) is 29.1 Å². The summed E-state index contributed by atoms with van der Waals surface area (Å²) in [5.41, 5.74) is 6.25. The second-order valence-electron chi connectivity index (χ2n) is 4.28. The predicted molar refractivity (Wildman–Crippen MR) is 82.0 cm³/mol. The molecule has 0 aliphatic rings. The molecular weight excluding hydrogens is 338 g/mol. The van der Waals surface area contributed by atoms with Crippen molar-refractivity contribution in [3.8, 4) is 11.5 Å². The monoisotopic (exact) mass is 353 g/mol. The maximum Gasteiger partial charge on any atom is 0.216 e. The normalized spacial score (nSPS) is 10.5. The van der Waals surface area contributed by atoms with Gasteiger partial charge in [-0.1, -0.05) is 0 Å². The van der Waals surface area contributed by atoms with Crippen molar-refractivity contribution in [2.45, 2.75) is 6.54 Å². The van der Waals surface area contributed by atoms with Gasteiger partial charge in [0.25, 0.3) is 0 Å². The number of nitrogens with two attached hydrogens (primary N) is 1. The molecule has 0 spiro atoms. The first-order valence-electron chi connectivity index (χ1n) is 6.29. The summed E-state index contributed by atoms with van der Waals surface area (Å²) in [5, 5.41) is 0. The SMILES string of the molecule is COc1ccc(C(=O)c2cn(CCN)cn2)c(OC)c1Br. The fraction of sp³-hybridized carbons (Fsp3) is 0.286. The molecule has 0 fully saturated rings. The molecule has 0 radical (unpaired) electrons. The van der Waals surface area contributed by atoms with Crippen LogP contribution in [0, 0.1) is 0 Å². The molecule has 1 aromatic heterocycles. The highest BCUT2D eigenvalue weighted by atomic mass is 79.9. The average Bonchev–Trinajstić information content (AvgIpc) is 2.95. The van der Waals surface area contributed by atoms with Gasteiger partial charge in [0.15, 0.2) is 0 Å². The molecule has 21 heavy (non-hydrogen) atoms. The maximum atomic E-state index is 12.5. The van der Waals surface area contributed by atoms with Crippen molar-refractivity contribution in [2.24, 2.45) is 5.73 Å². The van der Waals surface area contributed by atoms with E-state index >= 15 is 0 Å². The third-order valence-electron chi connectivity index (χ3n) is 2.98. The minimum absolute atomic E-state index is 0.217. The van der Waals surface area contributed by atoms with Crippen LogP contribution in [0.3, 0.4) is 0 Å². The van der Waals surface area contributed by atoms with Gasteiger partial charge in [0.2, 0.25) is 5.78 Å². The van der Waals surface area contributed by atoms with Gasteiger partial charge in [-0.15, -0.1) is 0 Å². The van der Waals surface area contributed by atoms with Crippen LogP contribution in [0.5, 0.6) is 11.5 Å². The number of ketones is 1. The van der Waals surface area contributed by atoms with Gasteiger partial charge in [0, 0.05) is 19.3 Å². The maximum absolute atomic E-state index is 12.5. The van der Waals surface area contributed by atoms with Gasteiger partial charge in [-0.25, -0.2) is 4.98 Å². The Morgan fingerprint density at radius 1 is 1.38 bits per heavy atom. The third-order valence-corrected chi connectivity index (χ3v) is 3.73. The minimum Gasteiger partial charge on any atom is -0.495 e.